The van der Waals surface area contributed by atoms with Gasteiger partial charge in [0.15, 0.2) is 0 Å². The Kier molecular flexibility index (Phi) is 5.22. The molecule has 0 spiro atoms. The first-order valence-electron chi connectivity index (χ1n) is 7.85. The molecule has 2 aliphatic rings. The predicted molar refractivity (Wildman–Crippen MR) is 77.8 cm³/mol. The van der Waals surface area contributed by atoms with Crippen LogP contribution < -0.4 is 5.32 Å². The lowest BCUT2D eigenvalue weighted by atomic mass is 10.1. The number of carbonyl (C=O) groups excluding carboxylic acids is 1. The minimum absolute atomic E-state index is 0.243. The van der Waals surface area contributed by atoms with Gasteiger partial charge in [-0.15, -0.1) is 0 Å². The summed E-state index contributed by atoms with van der Waals surface area (Å²) in [5.41, 5.74) is 0. The van der Waals surface area contributed by atoms with Crippen molar-refractivity contribution in [3.8, 4) is 0 Å². The number of hydrogen-bond donors (Lipinski definition) is 1. The van der Waals surface area contributed by atoms with Gasteiger partial charge in [-0.1, -0.05) is 20.3 Å². The number of nitrogens with one attached hydrogen (secondary N) is 1. The van der Waals surface area contributed by atoms with E-state index in [1.807, 2.05) is 0 Å². The van der Waals surface area contributed by atoms with Gasteiger partial charge < -0.3 is 9.80 Å². The van der Waals surface area contributed by atoms with E-state index in [1.54, 1.807) is 0 Å². The van der Waals surface area contributed by atoms with E-state index < -0.39 is 0 Å². The standard InChI is InChI=1S/C15H29N3O/c1-12(2)9-14-16-10-15(19)18(14)13(3)11-17-7-5-4-6-8-17/h12-14,16H,4-11H2,1-3H3. The summed E-state index contributed by atoms with van der Waals surface area (Å²) < 4.78 is 0. The third kappa shape index (κ3) is 3.93. The lowest BCUT2D eigenvalue weighted by Gasteiger charge is -2.36. The van der Waals surface area contributed by atoms with Crippen molar-refractivity contribution in [1.29, 1.82) is 0 Å². The molecule has 2 unspecified atom stereocenters. The molecular formula is C15H29N3O. The van der Waals surface area contributed by atoms with Crippen molar-refractivity contribution < 1.29 is 4.79 Å². The first kappa shape index (κ1) is 14.8. The highest BCUT2D eigenvalue weighted by Crippen LogP contribution is 2.19. The minimum atomic E-state index is 0.243. The van der Waals surface area contributed by atoms with E-state index in [4.69, 9.17) is 0 Å². The van der Waals surface area contributed by atoms with Gasteiger partial charge in [0, 0.05) is 12.6 Å². The lowest BCUT2D eigenvalue weighted by molar-refractivity contribution is -0.130. The number of nitrogens with zero attached hydrogens (tertiary/aromatic N) is 2. The quantitative estimate of drug-likeness (QED) is 0.823. The van der Waals surface area contributed by atoms with E-state index in [-0.39, 0.29) is 12.1 Å². The SMILES string of the molecule is CC(C)CC1NCC(=O)N1C(C)CN1CCCCC1. The Bertz CT molecular complexity index is 300. The van der Waals surface area contributed by atoms with Crippen LogP contribution in [0.2, 0.25) is 0 Å². The van der Waals surface area contributed by atoms with Gasteiger partial charge in [-0.3, -0.25) is 10.1 Å². The number of carbonyl (C=O) groups is 1. The van der Waals surface area contributed by atoms with Crippen LogP contribution in [0.5, 0.6) is 0 Å². The molecule has 4 heteroatoms. The average molecular weight is 267 g/mol. The molecule has 2 aliphatic heterocycles. The summed E-state index contributed by atoms with van der Waals surface area (Å²) in [5.74, 6) is 0.892. The topological polar surface area (TPSA) is 35.6 Å². The zero-order valence-electron chi connectivity index (χ0n) is 12.7. The molecule has 0 aliphatic carbocycles. The fraction of sp³-hybridized carbons (Fsp3) is 0.933. The molecule has 2 fully saturated rings. The highest BCUT2D eigenvalue weighted by atomic mass is 16.2. The Balaban J connectivity index is 1.90. The molecule has 110 valence electrons. The van der Waals surface area contributed by atoms with Gasteiger partial charge >= 0.3 is 0 Å². The number of hydrogen-bond acceptors (Lipinski definition) is 3. The monoisotopic (exact) mass is 267 g/mol. The van der Waals surface area contributed by atoms with Crippen molar-refractivity contribution in [3.63, 3.8) is 0 Å². The van der Waals surface area contributed by atoms with Gasteiger partial charge in [0.1, 0.15) is 0 Å². The lowest BCUT2D eigenvalue weighted by Crippen LogP contribution is -2.49. The van der Waals surface area contributed by atoms with E-state index in [0.717, 1.165) is 13.0 Å². The van der Waals surface area contributed by atoms with Crippen LogP contribution in [0.3, 0.4) is 0 Å². The van der Waals surface area contributed by atoms with Crippen LogP contribution in [0.15, 0.2) is 0 Å². The van der Waals surface area contributed by atoms with Gasteiger partial charge in [-0.2, -0.15) is 0 Å². The zero-order chi connectivity index (χ0) is 13.8. The second kappa shape index (κ2) is 6.71. The van der Waals surface area contributed by atoms with Crippen molar-refractivity contribution in [2.45, 2.75) is 58.7 Å². The first-order chi connectivity index (χ1) is 9.08. The molecule has 19 heavy (non-hydrogen) atoms. The van der Waals surface area contributed by atoms with Crippen LogP contribution in [0, 0.1) is 5.92 Å². The van der Waals surface area contributed by atoms with Crippen molar-refractivity contribution in [1.82, 2.24) is 15.1 Å². The highest BCUT2D eigenvalue weighted by Gasteiger charge is 2.34. The molecular weight excluding hydrogens is 238 g/mol. The van der Waals surface area contributed by atoms with Gasteiger partial charge in [-0.25, -0.2) is 0 Å². The van der Waals surface area contributed by atoms with E-state index in [9.17, 15) is 4.79 Å². The molecule has 0 aromatic heterocycles. The minimum Gasteiger partial charge on any atom is -0.322 e. The molecule has 0 bridgehead atoms. The van der Waals surface area contributed by atoms with E-state index in [1.165, 1.54) is 32.4 Å². The molecule has 2 heterocycles. The van der Waals surface area contributed by atoms with Crippen LogP contribution in [0.1, 0.15) is 46.5 Å². The van der Waals surface area contributed by atoms with Crippen molar-refractivity contribution in [3.05, 3.63) is 0 Å². The second-order valence-corrected chi connectivity index (χ2v) is 6.54. The largest absolute Gasteiger partial charge is 0.322 e. The summed E-state index contributed by atoms with van der Waals surface area (Å²) in [5, 5.41) is 3.36. The molecule has 2 atom stereocenters. The van der Waals surface area contributed by atoms with Crippen LogP contribution in [0.4, 0.5) is 0 Å². The summed E-state index contributed by atoms with van der Waals surface area (Å²) in [6, 6.07) is 0.323. The average Bonchev–Trinajstić information content (AvgIpc) is 2.71. The van der Waals surface area contributed by atoms with Gasteiger partial charge in [0.25, 0.3) is 0 Å². The molecule has 0 aromatic carbocycles. The number of piperidine rings is 1. The third-order valence-electron chi connectivity index (χ3n) is 4.25. The first-order valence-corrected chi connectivity index (χ1v) is 7.85. The maximum atomic E-state index is 12.1. The van der Waals surface area contributed by atoms with E-state index >= 15 is 0 Å². The smallest absolute Gasteiger partial charge is 0.238 e. The number of amides is 1. The Labute approximate surface area is 117 Å². The molecule has 0 radical (unpaired) electrons. The molecule has 0 saturated carbocycles. The summed E-state index contributed by atoms with van der Waals surface area (Å²) in [6.07, 6.45) is 5.29. The number of rotatable bonds is 5. The van der Waals surface area contributed by atoms with Crippen molar-refractivity contribution in [2.75, 3.05) is 26.2 Å². The second-order valence-electron chi connectivity index (χ2n) is 6.54. The zero-order valence-corrected chi connectivity index (χ0v) is 12.7. The maximum absolute atomic E-state index is 12.1. The van der Waals surface area contributed by atoms with Gasteiger partial charge in [0.2, 0.25) is 5.91 Å². The third-order valence-corrected chi connectivity index (χ3v) is 4.25. The highest BCUT2D eigenvalue weighted by molar-refractivity contribution is 5.81. The Morgan fingerprint density at radius 2 is 1.89 bits per heavy atom. The van der Waals surface area contributed by atoms with Crippen LogP contribution >= 0.6 is 0 Å². The van der Waals surface area contributed by atoms with Crippen LogP contribution in [-0.2, 0) is 4.79 Å². The number of likely N-dealkylation sites (tertiary alicyclic amines) is 1. The molecule has 1 N–H and O–H groups in total. The van der Waals surface area contributed by atoms with Crippen LogP contribution in [0.25, 0.3) is 0 Å². The Morgan fingerprint density at radius 3 is 2.53 bits per heavy atom. The Morgan fingerprint density at radius 1 is 1.21 bits per heavy atom. The Hall–Kier alpha value is -0.610. The van der Waals surface area contributed by atoms with Crippen LogP contribution in [-0.4, -0.2) is 54.1 Å². The van der Waals surface area contributed by atoms with Crippen molar-refractivity contribution >= 4 is 5.91 Å². The molecule has 2 rings (SSSR count). The summed E-state index contributed by atoms with van der Waals surface area (Å²) in [4.78, 5) is 16.7. The normalized spacial score (nSPS) is 27.3. The van der Waals surface area contributed by atoms with Gasteiger partial charge in [0.05, 0.1) is 12.7 Å². The summed E-state index contributed by atoms with van der Waals surface area (Å²) in [6.45, 7) is 10.6. The summed E-state index contributed by atoms with van der Waals surface area (Å²) in [7, 11) is 0. The summed E-state index contributed by atoms with van der Waals surface area (Å²) >= 11 is 0. The predicted octanol–water partition coefficient (Wildman–Crippen LogP) is 1.66. The van der Waals surface area contributed by atoms with Gasteiger partial charge in [-0.05, 0) is 45.2 Å². The molecule has 2 saturated heterocycles. The van der Waals surface area contributed by atoms with Crippen molar-refractivity contribution in [2.24, 2.45) is 5.92 Å². The molecule has 0 aromatic rings. The maximum Gasteiger partial charge on any atom is 0.238 e. The molecule has 1 amide bonds. The molecule has 4 nitrogen and oxygen atoms in total. The fourth-order valence-electron chi connectivity index (χ4n) is 3.37. The fourth-order valence-corrected chi connectivity index (χ4v) is 3.37. The van der Waals surface area contributed by atoms with E-state index in [0.29, 0.717) is 18.5 Å². The van der Waals surface area contributed by atoms with E-state index in [2.05, 4.69) is 35.9 Å².